The van der Waals surface area contributed by atoms with Gasteiger partial charge in [0.25, 0.3) is 5.69 Å². The van der Waals surface area contributed by atoms with Crippen LogP contribution < -0.4 is 9.47 Å². The third kappa shape index (κ3) is 2.61. The van der Waals surface area contributed by atoms with Crippen molar-refractivity contribution < 1.29 is 19.1 Å². The van der Waals surface area contributed by atoms with Crippen molar-refractivity contribution in [1.82, 2.24) is 4.90 Å². The van der Waals surface area contributed by atoms with Crippen molar-refractivity contribution in [3.8, 4) is 11.5 Å². The molecule has 1 aliphatic heterocycles. The van der Waals surface area contributed by atoms with Crippen LogP contribution >= 0.6 is 0 Å². The smallest absolute Gasteiger partial charge is 0.279 e. The minimum absolute atomic E-state index is 0.0158. The zero-order valence-electron chi connectivity index (χ0n) is 11.1. The fourth-order valence-corrected chi connectivity index (χ4v) is 2.09. The van der Waals surface area contributed by atoms with Crippen LogP contribution in [0, 0.1) is 10.1 Å². The predicted octanol–water partition coefficient (Wildman–Crippen LogP) is 1.57. The van der Waals surface area contributed by atoms with Crippen molar-refractivity contribution in [3.63, 3.8) is 0 Å². The van der Waals surface area contributed by atoms with E-state index in [0.717, 1.165) is 0 Å². The van der Waals surface area contributed by atoms with E-state index < -0.39 is 4.92 Å². The van der Waals surface area contributed by atoms with Crippen LogP contribution in [0.5, 0.6) is 11.5 Å². The Hall–Kier alpha value is -1.86. The molecule has 1 unspecified atom stereocenters. The van der Waals surface area contributed by atoms with Gasteiger partial charge in [0, 0.05) is 6.54 Å². The van der Waals surface area contributed by atoms with Gasteiger partial charge in [-0.3, -0.25) is 15.0 Å². The van der Waals surface area contributed by atoms with Gasteiger partial charge in [0.2, 0.25) is 0 Å². The maximum atomic E-state index is 11.2. The molecule has 0 spiro atoms. The Morgan fingerprint density at radius 3 is 2.47 bits per heavy atom. The highest BCUT2D eigenvalue weighted by Gasteiger charge is 2.30. The second-order valence-electron chi connectivity index (χ2n) is 4.35. The van der Waals surface area contributed by atoms with Crippen LogP contribution in [0.15, 0.2) is 12.1 Å². The van der Waals surface area contributed by atoms with Crippen molar-refractivity contribution in [3.05, 3.63) is 27.8 Å². The summed E-state index contributed by atoms with van der Waals surface area (Å²) in [6.07, 6.45) is -0.329. The maximum Gasteiger partial charge on any atom is 0.279 e. The largest absolute Gasteiger partial charge is 0.493 e. The quantitative estimate of drug-likeness (QED) is 0.609. The third-order valence-corrected chi connectivity index (χ3v) is 3.05. The maximum absolute atomic E-state index is 11.2. The Bertz CT molecular complexity index is 491. The molecule has 0 amide bonds. The number of methoxy groups -OCH3 is 2. The average Bonchev–Trinajstić information content (AvgIpc) is 2.83. The fraction of sp³-hybridized carbons (Fsp3) is 0.500. The zero-order chi connectivity index (χ0) is 14.0. The van der Waals surface area contributed by atoms with Gasteiger partial charge in [0.05, 0.1) is 37.5 Å². The summed E-state index contributed by atoms with van der Waals surface area (Å²) in [5.41, 5.74) is 0.491. The molecule has 1 aliphatic rings. The van der Waals surface area contributed by atoms with Crippen molar-refractivity contribution in [2.24, 2.45) is 0 Å². The highest BCUT2D eigenvalue weighted by atomic mass is 16.6. The van der Waals surface area contributed by atoms with Gasteiger partial charge in [0.1, 0.15) is 6.10 Å². The van der Waals surface area contributed by atoms with E-state index in [1.54, 1.807) is 6.07 Å². The van der Waals surface area contributed by atoms with E-state index in [1.165, 1.54) is 20.3 Å². The zero-order valence-corrected chi connectivity index (χ0v) is 11.1. The van der Waals surface area contributed by atoms with E-state index >= 15 is 0 Å². The molecule has 0 saturated carbocycles. The molecule has 19 heavy (non-hydrogen) atoms. The van der Waals surface area contributed by atoms with E-state index in [1.807, 2.05) is 11.9 Å². The molecular weight excluding hydrogens is 252 g/mol. The van der Waals surface area contributed by atoms with Gasteiger partial charge in [0.15, 0.2) is 11.5 Å². The van der Waals surface area contributed by atoms with Crippen molar-refractivity contribution in [1.29, 1.82) is 0 Å². The lowest BCUT2D eigenvalue weighted by atomic mass is 10.1. The van der Waals surface area contributed by atoms with Crippen LogP contribution in [0.3, 0.4) is 0 Å². The Labute approximate surface area is 110 Å². The molecule has 1 saturated heterocycles. The number of nitrogens with zero attached hydrogens (tertiary/aromatic N) is 2. The standard InChI is InChI=1S/C12H16N2O5/c1-13-6-12(19-7-13)8-4-10(17-2)11(18-3)5-9(8)14(15)16/h4-5,12H,6-7H2,1-3H3. The summed E-state index contributed by atoms with van der Waals surface area (Å²) in [6.45, 7) is 1.06. The third-order valence-electron chi connectivity index (χ3n) is 3.05. The van der Waals surface area contributed by atoms with Gasteiger partial charge >= 0.3 is 0 Å². The first-order valence-electron chi connectivity index (χ1n) is 5.77. The first kappa shape index (κ1) is 13.6. The Morgan fingerprint density at radius 1 is 1.37 bits per heavy atom. The predicted molar refractivity (Wildman–Crippen MR) is 67.5 cm³/mol. The molecule has 0 N–H and O–H groups in total. The highest BCUT2D eigenvalue weighted by Crippen LogP contribution is 2.39. The van der Waals surface area contributed by atoms with Crippen LogP contribution in [-0.4, -0.2) is 44.4 Å². The molecule has 1 aromatic rings. The fourth-order valence-electron chi connectivity index (χ4n) is 2.09. The normalized spacial score (nSPS) is 19.4. The van der Waals surface area contributed by atoms with Crippen LogP contribution in [0.25, 0.3) is 0 Å². The van der Waals surface area contributed by atoms with E-state index in [2.05, 4.69) is 0 Å². The summed E-state index contributed by atoms with van der Waals surface area (Å²) < 4.78 is 15.8. The number of rotatable bonds is 4. The Balaban J connectivity index is 2.48. The number of hydrogen-bond acceptors (Lipinski definition) is 6. The molecule has 1 atom stereocenters. The molecule has 7 heteroatoms. The van der Waals surface area contributed by atoms with Crippen molar-refractivity contribution in [2.75, 3.05) is 34.5 Å². The number of nitro groups is 1. The minimum atomic E-state index is -0.432. The number of likely N-dealkylation sites (N-methyl/N-ethyl adjacent to an activating group) is 1. The van der Waals surface area contributed by atoms with E-state index in [0.29, 0.717) is 30.3 Å². The van der Waals surface area contributed by atoms with Gasteiger partial charge in [-0.15, -0.1) is 0 Å². The van der Waals surface area contributed by atoms with Crippen molar-refractivity contribution in [2.45, 2.75) is 6.10 Å². The lowest BCUT2D eigenvalue weighted by molar-refractivity contribution is -0.386. The molecular formula is C12H16N2O5. The second-order valence-corrected chi connectivity index (χ2v) is 4.35. The summed E-state index contributed by atoms with van der Waals surface area (Å²) in [6, 6.07) is 2.98. The summed E-state index contributed by atoms with van der Waals surface area (Å²) in [5.74, 6) is 0.797. The van der Waals surface area contributed by atoms with Gasteiger partial charge in [-0.1, -0.05) is 0 Å². The molecule has 0 bridgehead atoms. The molecule has 0 aromatic heterocycles. The molecule has 1 aromatic carbocycles. The number of benzene rings is 1. The Kier molecular flexibility index (Phi) is 3.87. The van der Waals surface area contributed by atoms with E-state index in [-0.39, 0.29) is 11.8 Å². The van der Waals surface area contributed by atoms with E-state index in [9.17, 15) is 10.1 Å². The second kappa shape index (κ2) is 5.41. The topological polar surface area (TPSA) is 74.1 Å². The molecule has 0 aliphatic carbocycles. The highest BCUT2D eigenvalue weighted by molar-refractivity contribution is 5.55. The monoisotopic (exact) mass is 268 g/mol. The van der Waals surface area contributed by atoms with Crippen LogP contribution in [0.1, 0.15) is 11.7 Å². The van der Waals surface area contributed by atoms with Crippen molar-refractivity contribution >= 4 is 5.69 Å². The molecule has 2 rings (SSSR count). The lowest BCUT2D eigenvalue weighted by Gasteiger charge is -2.14. The van der Waals surface area contributed by atoms with E-state index in [4.69, 9.17) is 14.2 Å². The van der Waals surface area contributed by atoms with Gasteiger partial charge < -0.3 is 14.2 Å². The number of ether oxygens (including phenoxy) is 3. The summed E-state index contributed by atoms with van der Waals surface area (Å²) in [5, 5.41) is 11.2. The summed E-state index contributed by atoms with van der Waals surface area (Å²) >= 11 is 0. The van der Waals surface area contributed by atoms with Gasteiger partial charge in [-0.25, -0.2) is 0 Å². The summed E-state index contributed by atoms with van der Waals surface area (Å²) in [4.78, 5) is 12.7. The molecule has 104 valence electrons. The van der Waals surface area contributed by atoms with Crippen LogP contribution in [0.2, 0.25) is 0 Å². The molecule has 1 heterocycles. The first-order chi connectivity index (χ1) is 9.06. The Morgan fingerprint density at radius 2 is 2.00 bits per heavy atom. The first-order valence-corrected chi connectivity index (χ1v) is 5.77. The SMILES string of the molecule is COc1cc(C2CN(C)CO2)c([N+](=O)[O-])cc1OC. The lowest BCUT2D eigenvalue weighted by Crippen LogP contribution is -2.14. The minimum Gasteiger partial charge on any atom is -0.493 e. The van der Waals surface area contributed by atoms with Gasteiger partial charge in [-0.05, 0) is 13.1 Å². The molecule has 0 radical (unpaired) electrons. The molecule has 1 fully saturated rings. The number of hydrogen-bond donors (Lipinski definition) is 0. The van der Waals surface area contributed by atoms with Crippen LogP contribution in [-0.2, 0) is 4.74 Å². The number of nitro benzene ring substituents is 1. The van der Waals surface area contributed by atoms with Gasteiger partial charge in [-0.2, -0.15) is 0 Å². The summed E-state index contributed by atoms with van der Waals surface area (Å²) in [7, 11) is 4.84. The van der Waals surface area contributed by atoms with Crippen LogP contribution in [0.4, 0.5) is 5.69 Å². The molecule has 7 nitrogen and oxygen atoms in total. The average molecular weight is 268 g/mol.